The zero-order valence-corrected chi connectivity index (χ0v) is 18.0. The van der Waals surface area contributed by atoms with Gasteiger partial charge in [-0.2, -0.15) is 0 Å². The molecule has 30 heavy (non-hydrogen) atoms. The molecule has 0 aromatic rings. The smallest absolute Gasteiger partial charge is 0.457 e. The van der Waals surface area contributed by atoms with Gasteiger partial charge in [-0.15, -0.1) is 0 Å². The van der Waals surface area contributed by atoms with Crippen molar-refractivity contribution in [1.82, 2.24) is 9.80 Å². The number of fused-ring (bicyclic) bond motifs is 1. The first-order valence-corrected chi connectivity index (χ1v) is 10.4. The van der Waals surface area contributed by atoms with Gasteiger partial charge in [0.1, 0.15) is 5.54 Å². The number of rotatable bonds is 6. The minimum atomic E-state index is -1.61. The summed E-state index contributed by atoms with van der Waals surface area (Å²) in [5.41, 5.74) is -2.50. The number of hydrogen-bond donors (Lipinski definition) is 3. The van der Waals surface area contributed by atoms with E-state index in [4.69, 9.17) is 9.31 Å². The van der Waals surface area contributed by atoms with Crippen molar-refractivity contribution in [2.24, 2.45) is 5.92 Å². The number of nitrogens with zero attached hydrogens (tertiary/aromatic N) is 2. The van der Waals surface area contributed by atoms with E-state index in [0.717, 1.165) is 4.90 Å². The van der Waals surface area contributed by atoms with E-state index in [9.17, 15) is 29.7 Å². The quantitative estimate of drug-likeness (QED) is 0.435. The maximum atomic E-state index is 12.4. The third-order valence-electron chi connectivity index (χ3n) is 7.41. The van der Waals surface area contributed by atoms with Crippen LogP contribution in [0.4, 0.5) is 9.59 Å². The minimum Gasteiger partial charge on any atom is -0.479 e. The summed E-state index contributed by atoms with van der Waals surface area (Å²) < 4.78 is 11.9. The van der Waals surface area contributed by atoms with Crippen LogP contribution in [0.25, 0.3) is 0 Å². The summed E-state index contributed by atoms with van der Waals surface area (Å²) >= 11 is 0. The molecule has 11 heteroatoms. The van der Waals surface area contributed by atoms with E-state index in [2.05, 4.69) is 0 Å². The Kier molecular flexibility index (Phi) is 5.74. The van der Waals surface area contributed by atoms with Gasteiger partial charge < -0.3 is 29.5 Å². The zero-order valence-electron chi connectivity index (χ0n) is 18.0. The van der Waals surface area contributed by atoms with Crippen LogP contribution in [0.2, 0.25) is 6.32 Å². The molecule has 168 valence electrons. The molecule has 2 amide bonds. The first-order valence-electron chi connectivity index (χ1n) is 10.4. The predicted molar refractivity (Wildman–Crippen MR) is 106 cm³/mol. The maximum absolute atomic E-state index is 12.4. The van der Waals surface area contributed by atoms with Gasteiger partial charge in [-0.3, -0.25) is 4.90 Å². The molecular weight excluding hydrogens is 395 g/mol. The van der Waals surface area contributed by atoms with Gasteiger partial charge >= 0.3 is 25.3 Å². The van der Waals surface area contributed by atoms with E-state index >= 15 is 0 Å². The van der Waals surface area contributed by atoms with Crippen LogP contribution in [0.15, 0.2) is 0 Å². The predicted octanol–water partition coefficient (Wildman–Crippen LogP) is 2.43. The second-order valence-corrected chi connectivity index (χ2v) is 9.49. The fourth-order valence-electron chi connectivity index (χ4n) is 5.16. The number of carbonyl (C=O) groups is 3. The Morgan fingerprint density at radius 1 is 1.00 bits per heavy atom. The Hall–Kier alpha value is -2.01. The molecule has 3 aliphatic heterocycles. The van der Waals surface area contributed by atoms with Gasteiger partial charge in [0.25, 0.3) is 0 Å². The van der Waals surface area contributed by atoms with Crippen LogP contribution >= 0.6 is 0 Å². The highest BCUT2D eigenvalue weighted by Gasteiger charge is 2.64. The zero-order chi connectivity index (χ0) is 22.5. The molecule has 10 nitrogen and oxygen atoms in total. The van der Waals surface area contributed by atoms with E-state index in [-0.39, 0.29) is 19.5 Å². The van der Waals surface area contributed by atoms with E-state index in [1.54, 1.807) is 0 Å². The molecule has 0 bridgehead atoms. The van der Waals surface area contributed by atoms with Gasteiger partial charge in [0.15, 0.2) is 0 Å². The summed E-state index contributed by atoms with van der Waals surface area (Å²) in [5, 5.41) is 29.2. The monoisotopic (exact) mass is 426 g/mol. The Bertz CT molecular complexity index is 713. The van der Waals surface area contributed by atoms with Crippen LogP contribution in [0.3, 0.4) is 0 Å². The summed E-state index contributed by atoms with van der Waals surface area (Å²) in [5.74, 6) is -1.76. The highest BCUT2D eigenvalue weighted by molar-refractivity contribution is 6.45. The average molecular weight is 426 g/mol. The Morgan fingerprint density at radius 3 is 2.10 bits per heavy atom. The second-order valence-electron chi connectivity index (χ2n) is 9.49. The van der Waals surface area contributed by atoms with E-state index < -0.39 is 54.0 Å². The second kappa shape index (κ2) is 7.60. The third-order valence-corrected chi connectivity index (χ3v) is 7.41. The Balaban J connectivity index is 1.69. The molecule has 3 fully saturated rings. The highest BCUT2D eigenvalue weighted by atomic mass is 16.7. The molecule has 3 heterocycles. The van der Waals surface area contributed by atoms with Crippen molar-refractivity contribution in [3.8, 4) is 0 Å². The normalized spacial score (nSPS) is 31.8. The van der Waals surface area contributed by atoms with Crippen molar-refractivity contribution in [2.75, 3.05) is 13.1 Å². The van der Waals surface area contributed by atoms with Crippen LogP contribution in [-0.4, -0.2) is 86.3 Å². The standard InChI is InChI=1S/C19H31BN2O8/c1-17(2)18(3,4)30-20(29-17)9-6-5-8-19(14(23)24)12-7-10-21(15(25)26)13(12)11-22(19)16(27)28/h12-13H,5-11H2,1-4H3,(H,23,24)(H,25,26)(H,27,28)/t12-,13-,19+/m0/s1. The number of carboxylic acids is 1. The number of likely N-dealkylation sites (tertiary alicyclic amines) is 2. The summed E-state index contributed by atoms with van der Waals surface area (Å²) in [4.78, 5) is 37.8. The van der Waals surface area contributed by atoms with Gasteiger partial charge in [-0.1, -0.05) is 12.8 Å². The van der Waals surface area contributed by atoms with Crippen molar-refractivity contribution in [2.45, 2.75) is 82.5 Å². The number of carboxylic acid groups (broad SMARTS) is 3. The van der Waals surface area contributed by atoms with Gasteiger partial charge in [-0.25, -0.2) is 14.4 Å². The summed E-state index contributed by atoms with van der Waals surface area (Å²) in [6.07, 6.45) is -0.355. The van der Waals surface area contributed by atoms with Crippen LogP contribution < -0.4 is 0 Å². The summed E-state index contributed by atoms with van der Waals surface area (Å²) in [6.45, 7) is 7.96. The average Bonchev–Trinajstić information content (AvgIpc) is 3.21. The lowest BCUT2D eigenvalue weighted by Crippen LogP contribution is -2.56. The summed E-state index contributed by atoms with van der Waals surface area (Å²) in [6, 6.07) is -0.627. The lowest BCUT2D eigenvalue weighted by atomic mass is 9.76. The largest absolute Gasteiger partial charge is 0.479 e. The van der Waals surface area contributed by atoms with E-state index in [1.165, 1.54) is 4.90 Å². The fourth-order valence-corrected chi connectivity index (χ4v) is 5.16. The first kappa shape index (κ1) is 22.7. The summed E-state index contributed by atoms with van der Waals surface area (Å²) in [7, 11) is -0.392. The maximum Gasteiger partial charge on any atom is 0.457 e. The molecule has 3 atom stereocenters. The lowest BCUT2D eigenvalue weighted by molar-refractivity contribution is -0.151. The van der Waals surface area contributed by atoms with Crippen LogP contribution in [0.5, 0.6) is 0 Å². The first-order chi connectivity index (χ1) is 13.8. The molecule has 0 aromatic carbocycles. The van der Waals surface area contributed by atoms with E-state index in [1.807, 2.05) is 27.7 Å². The molecule has 0 unspecified atom stereocenters. The third kappa shape index (κ3) is 3.51. The van der Waals surface area contributed by atoms with Crippen LogP contribution in [-0.2, 0) is 14.1 Å². The highest BCUT2D eigenvalue weighted by Crippen LogP contribution is 2.47. The molecular formula is C19H31BN2O8. The van der Waals surface area contributed by atoms with Crippen molar-refractivity contribution in [3.63, 3.8) is 0 Å². The van der Waals surface area contributed by atoms with Crippen LogP contribution in [0, 0.1) is 5.92 Å². The molecule has 3 saturated heterocycles. The minimum absolute atomic E-state index is 0.115. The fraction of sp³-hybridized carbons (Fsp3) is 0.842. The lowest BCUT2D eigenvalue weighted by Gasteiger charge is -2.36. The van der Waals surface area contributed by atoms with Crippen molar-refractivity contribution < 1.29 is 39.0 Å². The molecule has 3 N–H and O–H groups in total. The number of amides is 2. The molecule has 3 rings (SSSR count). The van der Waals surface area contributed by atoms with Crippen LogP contribution in [0.1, 0.15) is 53.4 Å². The van der Waals surface area contributed by atoms with E-state index in [0.29, 0.717) is 25.6 Å². The Morgan fingerprint density at radius 2 is 1.60 bits per heavy atom. The van der Waals surface area contributed by atoms with Gasteiger partial charge in [-0.05, 0) is 46.9 Å². The molecule has 0 radical (unpaired) electrons. The molecule has 0 spiro atoms. The van der Waals surface area contributed by atoms with Gasteiger partial charge in [0.2, 0.25) is 0 Å². The van der Waals surface area contributed by atoms with Crippen molar-refractivity contribution in [1.29, 1.82) is 0 Å². The molecule has 0 aliphatic carbocycles. The number of hydrogen-bond acceptors (Lipinski definition) is 5. The van der Waals surface area contributed by atoms with Gasteiger partial charge in [0.05, 0.1) is 17.2 Å². The molecule has 0 aromatic heterocycles. The Labute approximate surface area is 176 Å². The van der Waals surface area contributed by atoms with Crippen molar-refractivity contribution in [3.05, 3.63) is 0 Å². The SMILES string of the molecule is CC1(C)OB(CCCC[C@]2(C(=O)O)[C@H]3CCN(C(=O)O)[C@H]3CN2C(=O)O)OC1(C)C. The van der Waals surface area contributed by atoms with Gasteiger partial charge in [0, 0.05) is 19.0 Å². The number of unbranched alkanes of at least 4 members (excludes halogenated alkanes) is 1. The number of aliphatic carboxylic acids is 1. The van der Waals surface area contributed by atoms with Crippen molar-refractivity contribution >= 4 is 25.3 Å². The molecule has 0 saturated carbocycles. The topological polar surface area (TPSA) is 137 Å². The molecule has 3 aliphatic rings.